The van der Waals surface area contributed by atoms with Crippen molar-refractivity contribution in [2.24, 2.45) is 0 Å². The molecule has 2 aliphatic heterocycles. The monoisotopic (exact) mass is 446 g/mol. The van der Waals surface area contributed by atoms with E-state index in [4.69, 9.17) is 9.47 Å². The van der Waals surface area contributed by atoms with Gasteiger partial charge in [0, 0.05) is 19.7 Å². The standard InChI is InChI=1S/C22H26N2O6S/c25-20-10-9-17(31(27,28)24-11-3-4-12-24)14-19(20)23-22(26)18-7-1-2-8-21(18)30-15-16-6-5-13-29-16/h1-2,7-10,14,16,25H,3-6,11-13,15H2,(H,23,26). The number of rotatable bonds is 7. The topological polar surface area (TPSA) is 105 Å². The highest BCUT2D eigenvalue weighted by molar-refractivity contribution is 7.89. The Balaban J connectivity index is 1.52. The van der Waals surface area contributed by atoms with Gasteiger partial charge in [0.05, 0.1) is 22.3 Å². The summed E-state index contributed by atoms with van der Waals surface area (Å²) in [6.45, 7) is 2.01. The van der Waals surface area contributed by atoms with E-state index in [2.05, 4.69) is 5.32 Å². The highest BCUT2D eigenvalue weighted by Crippen LogP contribution is 2.30. The Morgan fingerprint density at radius 3 is 2.68 bits per heavy atom. The van der Waals surface area contributed by atoms with Gasteiger partial charge in [-0.05, 0) is 56.0 Å². The third kappa shape index (κ3) is 4.84. The number of phenols is 1. The minimum Gasteiger partial charge on any atom is -0.506 e. The summed E-state index contributed by atoms with van der Waals surface area (Å²) < 4.78 is 38.4. The number of carbonyl (C=O) groups is 1. The lowest BCUT2D eigenvalue weighted by molar-refractivity contribution is 0.0673. The van der Waals surface area contributed by atoms with Crippen molar-refractivity contribution in [2.75, 3.05) is 31.6 Å². The Bertz CT molecular complexity index is 1040. The minimum absolute atomic E-state index is 0.00707. The van der Waals surface area contributed by atoms with Gasteiger partial charge in [-0.15, -0.1) is 0 Å². The fraction of sp³-hybridized carbons (Fsp3) is 0.409. The van der Waals surface area contributed by atoms with E-state index >= 15 is 0 Å². The first-order valence-electron chi connectivity index (χ1n) is 10.4. The van der Waals surface area contributed by atoms with Crippen molar-refractivity contribution in [2.45, 2.75) is 36.7 Å². The maximum absolute atomic E-state index is 12.9. The number of ether oxygens (including phenoxy) is 2. The van der Waals surface area contributed by atoms with Gasteiger partial charge >= 0.3 is 0 Å². The Morgan fingerprint density at radius 1 is 1.16 bits per heavy atom. The van der Waals surface area contributed by atoms with Gasteiger partial charge in [0.1, 0.15) is 18.1 Å². The van der Waals surface area contributed by atoms with Crippen LogP contribution in [0.1, 0.15) is 36.0 Å². The number of para-hydroxylation sites is 1. The molecular weight excluding hydrogens is 420 g/mol. The average molecular weight is 447 g/mol. The zero-order valence-electron chi connectivity index (χ0n) is 17.1. The van der Waals surface area contributed by atoms with E-state index in [1.807, 2.05) is 0 Å². The number of carbonyl (C=O) groups excluding carboxylic acids is 1. The summed E-state index contributed by atoms with van der Waals surface area (Å²) in [5.74, 6) is -0.323. The molecule has 2 aromatic carbocycles. The van der Waals surface area contributed by atoms with Crippen LogP contribution in [-0.4, -0.2) is 56.1 Å². The Morgan fingerprint density at radius 2 is 1.94 bits per heavy atom. The van der Waals surface area contributed by atoms with Crippen LogP contribution in [0.3, 0.4) is 0 Å². The Kier molecular flexibility index (Phi) is 6.45. The summed E-state index contributed by atoms with van der Waals surface area (Å²) in [5, 5.41) is 12.8. The van der Waals surface area contributed by atoms with E-state index in [1.54, 1.807) is 24.3 Å². The number of aromatic hydroxyl groups is 1. The zero-order chi connectivity index (χ0) is 21.8. The number of sulfonamides is 1. The SMILES string of the molecule is O=C(Nc1cc(S(=O)(=O)N2CCCC2)ccc1O)c1ccccc1OCC1CCCO1. The second kappa shape index (κ2) is 9.25. The van der Waals surface area contributed by atoms with E-state index in [9.17, 15) is 18.3 Å². The van der Waals surface area contributed by atoms with Crippen LogP contribution in [0.25, 0.3) is 0 Å². The summed E-state index contributed by atoms with van der Waals surface area (Å²) in [6, 6.07) is 10.7. The van der Waals surface area contributed by atoms with Gasteiger partial charge in [0.15, 0.2) is 0 Å². The number of hydrogen-bond acceptors (Lipinski definition) is 6. The van der Waals surface area contributed by atoms with E-state index in [-0.39, 0.29) is 28.0 Å². The van der Waals surface area contributed by atoms with Gasteiger partial charge in [-0.2, -0.15) is 4.31 Å². The summed E-state index contributed by atoms with van der Waals surface area (Å²) in [4.78, 5) is 12.9. The molecule has 166 valence electrons. The molecule has 0 saturated carbocycles. The summed E-state index contributed by atoms with van der Waals surface area (Å²) in [6.07, 6.45) is 3.56. The van der Waals surface area contributed by atoms with Gasteiger partial charge in [0.2, 0.25) is 10.0 Å². The predicted octanol–water partition coefficient (Wildman–Crippen LogP) is 2.99. The lowest BCUT2D eigenvalue weighted by atomic mass is 10.1. The van der Waals surface area contributed by atoms with Crippen LogP contribution in [0.4, 0.5) is 5.69 Å². The van der Waals surface area contributed by atoms with Gasteiger partial charge in [-0.1, -0.05) is 12.1 Å². The van der Waals surface area contributed by atoms with Crippen LogP contribution < -0.4 is 10.1 Å². The second-order valence-corrected chi connectivity index (χ2v) is 9.62. The van der Waals surface area contributed by atoms with E-state index in [0.717, 1.165) is 25.7 Å². The highest BCUT2D eigenvalue weighted by Gasteiger charge is 2.28. The van der Waals surface area contributed by atoms with Gasteiger partial charge in [-0.25, -0.2) is 8.42 Å². The molecule has 9 heteroatoms. The van der Waals surface area contributed by atoms with Crippen molar-refractivity contribution in [3.63, 3.8) is 0 Å². The zero-order valence-corrected chi connectivity index (χ0v) is 17.9. The third-order valence-electron chi connectivity index (χ3n) is 5.50. The Labute approximate surface area is 181 Å². The lowest BCUT2D eigenvalue weighted by Gasteiger charge is -2.17. The van der Waals surface area contributed by atoms with E-state index in [1.165, 1.54) is 22.5 Å². The van der Waals surface area contributed by atoms with Crippen LogP contribution in [0.2, 0.25) is 0 Å². The quantitative estimate of drug-likeness (QED) is 0.634. The van der Waals surface area contributed by atoms with Crippen LogP contribution in [0.15, 0.2) is 47.4 Å². The molecule has 2 aromatic rings. The normalized spacial score (nSPS) is 19.4. The molecular formula is C22H26N2O6S. The van der Waals surface area contributed by atoms with Crippen molar-refractivity contribution in [3.8, 4) is 11.5 Å². The molecule has 0 aromatic heterocycles. The highest BCUT2D eigenvalue weighted by atomic mass is 32.2. The number of nitrogens with zero attached hydrogens (tertiary/aromatic N) is 1. The molecule has 2 N–H and O–H groups in total. The fourth-order valence-corrected chi connectivity index (χ4v) is 5.33. The van der Waals surface area contributed by atoms with Crippen LogP contribution in [0, 0.1) is 0 Å². The first-order valence-corrected chi connectivity index (χ1v) is 11.9. The van der Waals surface area contributed by atoms with Crippen molar-refractivity contribution < 1.29 is 27.8 Å². The molecule has 0 spiro atoms. The van der Waals surface area contributed by atoms with Gasteiger partial charge < -0.3 is 19.9 Å². The number of amides is 1. The number of phenolic OH excluding ortho intramolecular Hbond substituents is 1. The van der Waals surface area contributed by atoms with Crippen LogP contribution >= 0.6 is 0 Å². The lowest BCUT2D eigenvalue weighted by Crippen LogP contribution is -2.28. The molecule has 2 heterocycles. The predicted molar refractivity (Wildman–Crippen MR) is 115 cm³/mol. The number of benzene rings is 2. The number of nitrogens with one attached hydrogen (secondary N) is 1. The van der Waals surface area contributed by atoms with Crippen LogP contribution in [0.5, 0.6) is 11.5 Å². The molecule has 1 amide bonds. The minimum atomic E-state index is -3.67. The first-order chi connectivity index (χ1) is 14.9. The Hall–Kier alpha value is -2.62. The fourth-order valence-electron chi connectivity index (χ4n) is 3.78. The molecule has 4 rings (SSSR count). The smallest absolute Gasteiger partial charge is 0.259 e. The molecule has 1 unspecified atom stereocenters. The van der Waals surface area contributed by atoms with Crippen molar-refractivity contribution in [1.82, 2.24) is 4.31 Å². The maximum atomic E-state index is 12.9. The molecule has 2 saturated heterocycles. The largest absolute Gasteiger partial charge is 0.506 e. The molecule has 8 nitrogen and oxygen atoms in total. The molecule has 0 bridgehead atoms. The molecule has 2 fully saturated rings. The summed E-state index contributed by atoms with van der Waals surface area (Å²) in [7, 11) is -3.67. The van der Waals surface area contributed by atoms with Gasteiger partial charge in [0.25, 0.3) is 5.91 Å². The first kappa shape index (κ1) is 21.6. The number of anilines is 1. The second-order valence-electron chi connectivity index (χ2n) is 7.69. The molecule has 31 heavy (non-hydrogen) atoms. The molecule has 1 atom stereocenters. The maximum Gasteiger partial charge on any atom is 0.259 e. The molecule has 0 radical (unpaired) electrons. The van der Waals surface area contributed by atoms with Crippen LogP contribution in [-0.2, 0) is 14.8 Å². The van der Waals surface area contributed by atoms with Gasteiger partial charge in [-0.3, -0.25) is 4.79 Å². The number of hydrogen-bond donors (Lipinski definition) is 2. The van der Waals surface area contributed by atoms with Crippen molar-refractivity contribution in [1.29, 1.82) is 0 Å². The van der Waals surface area contributed by atoms with E-state index in [0.29, 0.717) is 32.1 Å². The average Bonchev–Trinajstić information content (AvgIpc) is 3.48. The molecule has 2 aliphatic rings. The van der Waals surface area contributed by atoms with Crippen molar-refractivity contribution >= 4 is 21.6 Å². The van der Waals surface area contributed by atoms with Crippen molar-refractivity contribution in [3.05, 3.63) is 48.0 Å². The van der Waals surface area contributed by atoms with E-state index < -0.39 is 15.9 Å². The summed E-state index contributed by atoms with van der Waals surface area (Å²) in [5.41, 5.74) is 0.312. The summed E-state index contributed by atoms with van der Waals surface area (Å²) >= 11 is 0. The molecule has 0 aliphatic carbocycles. The third-order valence-corrected chi connectivity index (χ3v) is 7.39.